The van der Waals surface area contributed by atoms with Crippen molar-refractivity contribution >= 4 is 12.0 Å². The largest absolute Gasteiger partial charge is 0.508 e. The number of phenols is 1. The molecule has 5 atom stereocenters. The molecule has 8 heteroatoms. The van der Waals surface area contributed by atoms with Crippen LogP contribution in [0, 0.1) is 0 Å². The Balaban J connectivity index is 1.62. The van der Waals surface area contributed by atoms with Crippen LogP contribution < -0.4 is 5.32 Å². The molecular formula is C33H40N2O6. The second kappa shape index (κ2) is 12.7. The zero-order valence-corrected chi connectivity index (χ0v) is 24.0. The molecule has 0 bridgehead atoms. The van der Waals surface area contributed by atoms with Crippen molar-refractivity contribution in [2.45, 2.75) is 75.8 Å². The highest BCUT2D eigenvalue weighted by atomic mass is 16.6. The minimum Gasteiger partial charge on any atom is -0.508 e. The molecule has 8 nitrogen and oxygen atoms in total. The van der Waals surface area contributed by atoms with Crippen LogP contribution in [0.2, 0.25) is 0 Å². The lowest BCUT2D eigenvalue weighted by Crippen LogP contribution is -2.48. The van der Waals surface area contributed by atoms with Gasteiger partial charge in [0, 0.05) is 13.5 Å². The van der Waals surface area contributed by atoms with E-state index in [1.165, 1.54) is 12.1 Å². The Bertz CT molecular complexity index is 1320. The number of rotatable bonds is 9. The predicted molar refractivity (Wildman–Crippen MR) is 156 cm³/mol. The number of aliphatic hydroxyl groups is 2. The van der Waals surface area contributed by atoms with Crippen molar-refractivity contribution in [2.75, 3.05) is 7.05 Å². The van der Waals surface area contributed by atoms with Crippen LogP contribution in [0.5, 0.6) is 5.75 Å². The van der Waals surface area contributed by atoms with E-state index in [1.807, 2.05) is 54.6 Å². The monoisotopic (exact) mass is 560 g/mol. The van der Waals surface area contributed by atoms with E-state index >= 15 is 0 Å². The third-order valence-corrected chi connectivity index (χ3v) is 7.47. The number of aliphatic hydroxyl groups excluding tert-OH is 2. The van der Waals surface area contributed by atoms with Gasteiger partial charge >= 0.3 is 6.09 Å². The molecule has 0 spiro atoms. The topological polar surface area (TPSA) is 119 Å². The van der Waals surface area contributed by atoms with Gasteiger partial charge in [-0.25, -0.2) is 4.79 Å². The molecule has 3 aromatic carbocycles. The van der Waals surface area contributed by atoms with Crippen molar-refractivity contribution in [3.05, 3.63) is 101 Å². The first-order chi connectivity index (χ1) is 19.4. The smallest absolute Gasteiger partial charge is 0.407 e. The van der Waals surface area contributed by atoms with E-state index in [4.69, 9.17) is 4.74 Å². The van der Waals surface area contributed by atoms with Crippen molar-refractivity contribution in [1.29, 1.82) is 0 Å². The zero-order chi connectivity index (χ0) is 29.7. The molecule has 0 fully saturated rings. The van der Waals surface area contributed by atoms with Crippen LogP contribution in [0.15, 0.2) is 78.9 Å². The van der Waals surface area contributed by atoms with Crippen molar-refractivity contribution in [1.82, 2.24) is 10.2 Å². The summed E-state index contributed by atoms with van der Waals surface area (Å²) in [6.45, 7) is 5.29. The summed E-state index contributed by atoms with van der Waals surface area (Å²) in [6.07, 6.45) is -1.78. The summed E-state index contributed by atoms with van der Waals surface area (Å²) >= 11 is 0. The maximum absolute atomic E-state index is 14.1. The van der Waals surface area contributed by atoms with Gasteiger partial charge in [-0.3, -0.25) is 4.79 Å². The second-order valence-corrected chi connectivity index (χ2v) is 11.8. The third-order valence-electron chi connectivity index (χ3n) is 7.47. The van der Waals surface area contributed by atoms with Gasteiger partial charge in [-0.2, -0.15) is 0 Å². The van der Waals surface area contributed by atoms with Gasteiger partial charge in [0.25, 0.3) is 0 Å². The zero-order valence-electron chi connectivity index (χ0n) is 24.0. The quantitative estimate of drug-likeness (QED) is 0.306. The summed E-state index contributed by atoms with van der Waals surface area (Å²) in [6, 6.07) is 22.2. The van der Waals surface area contributed by atoms with Gasteiger partial charge < -0.3 is 30.3 Å². The van der Waals surface area contributed by atoms with Gasteiger partial charge in [0.2, 0.25) is 5.91 Å². The number of hydrogen-bond donors (Lipinski definition) is 4. The molecule has 41 heavy (non-hydrogen) atoms. The van der Waals surface area contributed by atoms with Crippen LogP contribution in [0.1, 0.15) is 61.4 Å². The highest BCUT2D eigenvalue weighted by Crippen LogP contribution is 2.38. The molecule has 1 aliphatic carbocycles. The summed E-state index contributed by atoms with van der Waals surface area (Å²) in [5.41, 5.74) is 2.68. The second-order valence-electron chi connectivity index (χ2n) is 11.8. The summed E-state index contributed by atoms with van der Waals surface area (Å²) < 4.78 is 5.47. The number of phenolic OH excluding ortho intramolecular Hbond substituents is 1. The number of benzene rings is 3. The summed E-state index contributed by atoms with van der Waals surface area (Å²) in [4.78, 5) is 28.4. The average molecular weight is 561 g/mol. The van der Waals surface area contributed by atoms with E-state index in [1.54, 1.807) is 44.9 Å². The Hall–Kier alpha value is -3.88. The van der Waals surface area contributed by atoms with Crippen molar-refractivity contribution in [2.24, 2.45) is 0 Å². The average Bonchev–Trinajstić information content (AvgIpc) is 3.26. The number of alkyl carbamates (subject to hydrolysis) is 1. The molecule has 0 heterocycles. The Morgan fingerprint density at radius 3 is 2.29 bits per heavy atom. The number of aromatic hydroxyl groups is 1. The maximum Gasteiger partial charge on any atom is 0.407 e. The van der Waals surface area contributed by atoms with Crippen LogP contribution in [0.3, 0.4) is 0 Å². The molecule has 3 aromatic rings. The Kier molecular flexibility index (Phi) is 9.35. The fourth-order valence-corrected chi connectivity index (χ4v) is 5.50. The van der Waals surface area contributed by atoms with Crippen molar-refractivity contribution in [3.63, 3.8) is 0 Å². The lowest BCUT2D eigenvalue weighted by atomic mass is 9.87. The SMILES string of the molecule is CN(C(=O)[C@H](C[C@H](O)[C@H](Cc1ccccc1)NC(=O)OC(C)(C)C)c1ccc(O)cc1)[C@H]1c2ccccc2C[C@H]1O. The number of likely N-dealkylation sites (N-methyl/N-ethyl adjacent to an activating group) is 1. The molecule has 1 aliphatic rings. The number of carbonyl (C=O) groups excluding carboxylic acids is 2. The first kappa shape index (κ1) is 30.1. The molecule has 0 unspecified atom stereocenters. The van der Waals surface area contributed by atoms with Gasteiger partial charge in [-0.05, 0) is 68.0 Å². The van der Waals surface area contributed by atoms with Gasteiger partial charge in [0.15, 0.2) is 0 Å². The van der Waals surface area contributed by atoms with E-state index < -0.39 is 41.9 Å². The van der Waals surface area contributed by atoms with Crippen LogP contribution in [-0.2, 0) is 22.4 Å². The number of fused-ring (bicyclic) bond motifs is 1. The highest BCUT2D eigenvalue weighted by Gasteiger charge is 2.39. The van der Waals surface area contributed by atoms with Crippen LogP contribution >= 0.6 is 0 Å². The standard InChI is InChI=1S/C33H40N2O6/c1-33(2,3)41-32(40)34-27(18-21-10-6-5-7-11-21)28(37)20-26(22-14-16-24(36)17-15-22)31(39)35(4)30-25-13-9-8-12-23(25)19-29(30)38/h5-17,26-30,36-38H,18-20H2,1-4H3,(H,34,40)/t26-,27+,28+,29-,30+/m1/s1. The van der Waals surface area contributed by atoms with Gasteiger partial charge in [0.05, 0.1) is 30.2 Å². The summed E-state index contributed by atoms with van der Waals surface area (Å²) in [5, 5.41) is 35.2. The van der Waals surface area contributed by atoms with E-state index in [9.17, 15) is 24.9 Å². The molecule has 218 valence electrons. The Morgan fingerprint density at radius 2 is 1.63 bits per heavy atom. The molecular weight excluding hydrogens is 520 g/mol. The minimum absolute atomic E-state index is 0.00823. The fourth-order valence-electron chi connectivity index (χ4n) is 5.50. The Labute approximate surface area is 241 Å². The molecule has 0 aliphatic heterocycles. The van der Waals surface area contributed by atoms with E-state index in [0.717, 1.165) is 16.7 Å². The predicted octanol–water partition coefficient (Wildman–Crippen LogP) is 4.48. The van der Waals surface area contributed by atoms with Gasteiger partial charge in [-0.1, -0.05) is 66.7 Å². The molecule has 4 N–H and O–H groups in total. The van der Waals surface area contributed by atoms with E-state index in [-0.39, 0.29) is 18.1 Å². The molecule has 2 amide bonds. The van der Waals surface area contributed by atoms with Gasteiger partial charge in [-0.15, -0.1) is 0 Å². The van der Waals surface area contributed by atoms with E-state index in [2.05, 4.69) is 5.32 Å². The molecule has 4 rings (SSSR count). The highest BCUT2D eigenvalue weighted by molar-refractivity contribution is 5.84. The summed E-state index contributed by atoms with van der Waals surface area (Å²) in [5.74, 6) is -1.04. The Morgan fingerprint density at radius 1 is 1.00 bits per heavy atom. The first-order valence-corrected chi connectivity index (χ1v) is 14.0. The minimum atomic E-state index is -1.13. The van der Waals surface area contributed by atoms with Gasteiger partial charge in [0.1, 0.15) is 11.4 Å². The fraction of sp³-hybridized carbons (Fsp3) is 0.394. The first-order valence-electron chi connectivity index (χ1n) is 14.0. The molecule has 0 radical (unpaired) electrons. The molecule has 0 saturated heterocycles. The number of nitrogens with one attached hydrogen (secondary N) is 1. The van der Waals surface area contributed by atoms with Crippen LogP contribution in [0.25, 0.3) is 0 Å². The van der Waals surface area contributed by atoms with E-state index in [0.29, 0.717) is 18.4 Å². The normalized spacial score (nSPS) is 18.6. The summed E-state index contributed by atoms with van der Waals surface area (Å²) in [7, 11) is 1.67. The van der Waals surface area contributed by atoms with Crippen LogP contribution in [0.4, 0.5) is 4.79 Å². The molecule has 0 saturated carbocycles. The lowest BCUT2D eigenvalue weighted by Gasteiger charge is -2.34. The number of carbonyl (C=O) groups is 2. The van der Waals surface area contributed by atoms with Crippen molar-refractivity contribution < 1.29 is 29.6 Å². The van der Waals surface area contributed by atoms with Crippen molar-refractivity contribution in [3.8, 4) is 5.75 Å². The number of amides is 2. The number of nitrogens with zero attached hydrogens (tertiary/aromatic N) is 1. The number of ether oxygens (including phenoxy) is 1. The van der Waals surface area contributed by atoms with Crippen LogP contribution in [-0.4, -0.2) is 63.1 Å². The lowest BCUT2D eigenvalue weighted by molar-refractivity contribution is -0.136. The third kappa shape index (κ3) is 7.65. The molecule has 0 aromatic heterocycles. The number of hydrogen-bond acceptors (Lipinski definition) is 6. The maximum atomic E-state index is 14.1.